The van der Waals surface area contributed by atoms with Crippen LogP contribution in [0.4, 0.5) is 19.6 Å². The van der Waals surface area contributed by atoms with Gasteiger partial charge in [0.2, 0.25) is 5.91 Å². The van der Waals surface area contributed by atoms with Crippen molar-refractivity contribution in [2.75, 3.05) is 42.1 Å². The van der Waals surface area contributed by atoms with Crippen molar-refractivity contribution in [3.8, 4) is 0 Å². The van der Waals surface area contributed by atoms with Crippen LogP contribution < -0.4 is 9.62 Å². The highest BCUT2D eigenvalue weighted by Crippen LogP contribution is 2.31. The first kappa shape index (κ1) is 20.7. The lowest BCUT2D eigenvalue weighted by molar-refractivity contribution is -0.130. The highest BCUT2D eigenvalue weighted by molar-refractivity contribution is 7.85. The van der Waals surface area contributed by atoms with E-state index in [-0.39, 0.29) is 11.4 Å². The van der Waals surface area contributed by atoms with E-state index in [0.29, 0.717) is 42.4 Å². The molecule has 1 N–H and O–H groups in total. The van der Waals surface area contributed by atoms with Crippen molar-refractivity contribution in [3.05, 3.63) is 53.6 Å². The van der Waals surface area contributed by atoms with E-state index in [0.717, 1.165) is 17.3 Å². The molecule has 4 rings (SSSR count). The zero-order chi connectivity index (χ0) is 21.3. The number of nitrogens with one attached hydrogen (secondary N) is 1. The molecule has 1 aliphatic heterocycles. The van der Waals surface area contributed by atoms with Crippen LogP contribution in [-0.2, 0) is 22.2 Å². The molecule has 3 aromatic rings. The van der Waals surface area contributed by atoms with Crippen LogP contribution in [0.2, 0.25) is 0 Å². The summed E-state index contributed by atoms with van der Waals surface area (Å²) in [6, 6.07) is 9.43. The molecule has 0 bridgehead atoms. The summed E-state index contributed by atoms with van der Waals surface area (Å²) < 4.78 is 41.8. The minimum Gasteiger partial charge on any atom is -0.345 e. The number of amides is 1. The van der Waals surface area contributed by atoms with E-state index in [1.807, 2.05) is 17.0 Å². The van der Waals surface area contributed by atoms with Crippen LogP contribution in [0.1, 0.15) is 5.56 Å². The SMILES string of the molecule is CS(=O)Nc1ccc(CC(=O)N2CCN(c3nc4c(F)cc(F)cc4s3)CC2)cc1. The molecule has 0 aliphatic carbocycles. The number of halogens is 2. The van der Waals surface area contributed by atoms with Crippen LogP contribution in [0.3, 0.4) is 0 Å². The lowest BCUT2D eigenvalue weighted by Crippen LogP contribution is -2.49. The van der Waals surface area contributed by atoms with Crippen molar-refractivity contribution in [1.29, 1.82) is 0 Å². The van der Waals surface area contributed by atoms with Crippen LogP contribution in [0, 0.1) is 11.6 Å². The van der Waals surface area contributed by atoms with Crippen LogP contribution >= 0.6 is 11.3 Å². The fourth-order valence-electron chi connectivity index (χ4n) is 3.37. The molecule has 1 saturated heterocycles. The molecular formula is C20H20F2N4O2S2. The van der Waals surface area contributed by atoms with Gasteiger partial charge in [-0.2, -0.15) is 0 Å². The predicted molar refractivity (Wildman–Crippen MR) is 116 cm³/mol. The second-order valence-corrected chi connectivity index (χ2v) is 9.15. The number of carbonyl (C=O) groups excluding carboxylic acids is 1. The Kier molecular flexibility index (Phi) is 5.96. The average Bonchev–Trinajstić information content (AvgIpc) is 3.13. The third kappa shape index (κ3) is 4.59. The van der Waals surface area contributed by atoms with Gasteiger partial charge in [-0.1, -0.05) is 23.5 Å². The maximum absolute atomic E-state index is 13.9. The molecule has 0 spiro atoms. The van der Waals surface area contributed by atoms with Crippen LogP contribution in [-0.4, -0.2) is 52.4 Å². The van der Waals surface area contributed by atoms with Gasteiger partial charge in [0.15, 0.2) is 10.9 Å². The molecule has 30 heavy (non-hydrogen) atoms. The zero-order valence-corrected chi connectivity index (χ0v) is 17.9. The molecule has 2 aromatic carbocycles. The number of benzene rings is 2. The number of thiazole rings is 1. The Morgan fingerprint density at radius 2 is 1.87 bits per heavy atom. The summed E-state index contributed by atoms with van der Waals surface area (Å²) in [6.07, 6.45) is 1.85. The van der Waals surface area contributed by atoms with Gasteiger partial charge in [0, 0.05) is 44.2 Å². The van der Waals surface area contributed by atoms with Crippen molar-refractivity contribution < 1.29 is 17.8 Å². The van der Waals surface area contributed by atoms with Crippen molar-refractivity contribution in [1.82, 2.24) is 9.88 Å². The molecular weight excluding hydrogens is 430 g/mol. The van der Waals surface area contributed by atoms with E-state index >= 15 is 0 Å². The van der Waals surface area contributed by atoms with Gasteiger partial charge in [-0.15, -0.1) is 0 Å². The molecule has 1 unspecified atom stereocenters. The molecule has 1 amide bonds. The minimum absolute atomic E-state index is 0.0341. The standard InChI is InChI=1S/C20H20F2N4O2S2/c1-30(28)24-15-4-2-13(3-5-15)10-18(27)25-6-8-26(9-7-25)20-23-19-16(22)11-14(21)12-17(19)29-20/h2-5,11-12,24H,6-10H2,1H3. The van der Waals surface area contributed by atoms with E-state index in [2.05, 4.69) is 9.71 Å². The molecule has 0 saturated carbocycles. The van der Waals surface area contributed by atoms with E-state index in [4.69, 9.17) is 0 Å². The second-order valence-electron chi connectivity index (χ2n) is 7.03. The summed E-state index contributed by atoms with van der Waals surface area (Å²) in [7, 11) is -1.14. The molecule has 10 heteroatoms. The maximum atomic E-state index is 13.9. The van der Waals surface area contributed by atoms with Crippen LogP contribution in [0.15, 0.2) is 36.4 Å². The highest BCUT2D eigenvalue weighted by Gasteiger charge is 2.24. The third-order valence-electron chi connectivity index (χ3n) is 4.88. The Labute approximate surface area is 179 Å². The number of rotatable bonds is 5. The van der Waals surface area contributed by atoms with Gasteiger partial charge in [0.1, 0.15) is 22.3 Å². The van der Waals surface area contributed by atoms with Crippen LogP contribution in [0.5, 0.6) is 0 Å². The number of carbonyl (C=O) groups is 1. The van der Waals surface area contributed by atoms with Gasteiger partial charge in [-0.25, -0.2) is 18.0 Å². The maximum Gasteiger partial charge on any atom is 0.227 e. The van der Waals surface area contributed by atoms with Gasteiger partial charge in [-0.3, -0.25) is 4.79 Å². The summed E-state index contributed by atoms with van der Waals surface area (Å²) in [6.45, 7) is 2.25. The quantitative estimate of drug-likeness (QED) is 0.649. The van der Waals surface area contributed by atoms with E-state index in [9.17, 15) is 17.8 Å². The third-order valence-corrected chi connectivity index (χ3v) is 6.46. The molecule has 0 radical (unpaired) electrons. The number of fused-ring (bicyclic) bond motifs is 1. The van der Waals surface area contributed by atoms with Gasteiger partial charge >= 0.3 is 0 Å². The first-order valence-electron chi connectivity index (χ1n) is 9.36. The number of nitrogens with zero attached hydrogens (tertiary/aromatic N) is 3. The Hall–Kier alpha value is -2.59. The number of hydrogen-bond donors (Lipinski definition) is 1. The van der Waals surface area contributed by atoms with Crippen molar-refractivity contribution in [2.24, 2.45) is 0 Å². The Morgan fingerprint density at radius 3 is 2.53 bits per heavy atom. The molecule has 2 heterocycles. The number of piperazine rings is 1. The fraction of sp³-hybridized carbons (Fsp3) is 0.300. The summed E-state index contributed by atoms with van der Waals surface area (Å²) in [5.41, 5.74) is 1.81. The van der Waals surface area contributed by atoms with Crippen molar-refractivity contribution >= 4 is 49.3 Å². The van der Waals surface area contributed by atoms with E-state index < -0.39 is 22.6 Å². The number of aromatic nitrogens is 1. The lowest BCUT2D eigenvalue weighted by Gasteiger charge is -2.34. The highest BCUT2D eigenvalue weighted by atomic mass is 32.2. The first-order valence-corrected chi connectivity index (χ1v) is 11.7. The van der Waals surface area contributed by atoms with Gasteiger partial charge in [0.05, 0.1) is 11.1 Å². The Bertz CT molecular complexity index is 1100. The molecule has 6 nitrogen and oxygen atoms in total. The van der Waals surface area contributed by atoms with Crippen molar-refractivity contribution in [2.45, 2.75) is 6.42 Å². The number of anilines is 2. The van der Waals surface area contributed by atoms with Gasteiger partial charge in [-0.05, 0) is 23.8 Å². The van der Waals surface area contributed by atoms with Crippen molar-refractivity contribution in [3.63, 3.8) is 0 Å². The molecule has 1 atom stereocenters. The summed E-state index contributed by atoms with van der Waals surface area (Å²) in [5.74, 6) is -1.24. The first-order chi connectivity index (χ1) is 14.4. The topological polar surface area (TPSA) is 65.5 Å². The Balaban J connectivity index is 1.35. The monoisotopic (exact) mass is 450 g/mol. The average molecular weight is 451 g/mol. The molecule has 1 fully saturated rings. The van der Waals surface area contributed by atoms with E-state index in [1.54, 1.807) is 23.3 Å². The Morgan fingerprint density at radius 1 is 1.17 bits per heavy atom. The largest absolute Gasteiger partial charge is 0.345 e. The predicted octanol–water partition coefficient (Wildman–Crippen LogP) is 3.17. The van der Waals surface area contributed by atoms with Gasteiger partial charge < -0.3 is 14.5 Å². The summed E-state index contributed by atoms with van der Waals surface area (Å²) in [4.78, 5) is 20.8. The minimum atomic E-state index is -1.14. The smallest absolute Gasteiger partial charge is 0.227 e. The molecule has 1 aromatic heterocycles. The van der Waals surface area contributed by atoms with Gasteiger partial charge in [0.25, 0.3) is 0 Å². The summed E-state index contributed by atoms with van der Waals surface area (Å²) >= 11 is 1.25. The summed E-state index contributed by atoms with van der Waals surface area (Å²) in [5, 5.41) is 0.637. The normalized spacial score (nSPS) is 15.4. The fourth-order valence-corrected chi connectivity index (χ4v) is 4.90. The second kappa shape index (κ2) is 8.65. The zero-order valence-electron chi connectivity index (χ0n) is 16.2. The molecule has 158 valence electrons. The lowest BCUT2D eigenvalue weighted by atomic mass is 10.1. The van der Waals surface area contributed by atoms with E-state index in [1.165, 1.54) is 17.4 Å². The van der Waals surface area contributed by atoms with Crippen LogP contribution in [0.25, 0.3) is 10.2 Å². The molecule has 1 aliphatic rings. The number of hydrogen-bond acceptors (Lipinski definition) is 5.